The predicted molar refractivity (Wildman–Crippen MR) is 190 cm³/mol. The molecule has 45 heavy (non-hydrogen) atoms. The van der Waals surface area contributed by atoms with Gasteiger partial charge < -0.3 is 20.2 Å². The number of carbonyl (C=O) groups is 1. The lowest BCUT2D eigenvalue weighted by Gasteiger charge is -2.22. The highest BCUT2D eigenvalue weighted by Crippen LogP contribution is 2.35. The molecule has 2 atom stereocenters. The lowest BCUT2D eigenvalue weighted by molar-refractivity contribution is -0.123. The number of hydrogen-bond donors (Lipinski definition) is 4. The van der Waals surface area contributed by atoms with Crippen LogP contribution >= 0.6 is 7.82 Å². The number of amides is 1. The summed E-state index contributed by atoms with van der Waals surface area (Å²) in [4.78, 5) is 30.7. The van der Waals surface area contributed by atoms with Crippen LogP contribution in [0.2, 0.25) is 0 Å². The van der Waals surface area contributed by atoms with Crippen molar-refractivity contribution in [3.63, 3.8) is 0 Å². The average Bonchev–Trinajstić information content (AvgIpc) is 3.00. The Morgan fingerprint density at radius 1 is 0.622 bits per heavy atom. The Morgan fingerprint density at radius 2 is 0.978 bits per heavy atom. The molecule has 0 aliphatic carbocycles. The summed E-state index contributed by atoms with van der Waals surface area (Å²) in [5.74, 6) is -0.225. The molecule has 0 aromatic heterocycles. The second-order valence-corrected chi connectivity index (χ2v) is 14.5. The van der Waals surface area contributed by atoms with E-state index in [0.717, 1.165) is 38.5 Å². The van der Waals surface area contributed by atoms with Crippen molar-refractivity contribution in [1.29, 1.82) is 0 Å². The quantitative estimate of drug-likeness (QED) is 0.0306. The molecule has 0 heterocycles. The largest absolute Gasteiger partial charge is 0.469 e. The zero-order valence-electron chi connectivity index (χ0n) is 29.5. The van der Waals surface area contributed by atoms with E-state index < -0.39 is 26.6 Å². The molecule has 0 aromatic carbocycles. The maximum absolute atomic E-state index is 12.5. The topological polar surface area (TPSA) is 116 Å². The maximum Gasteiger partial charge on any atom is 0.469 e. The molecule has 0 bridgehead atoms. The summed E-state index contributed by atoms with van der Waals surface area (Å²) >= 11 is 0. The zero-order chi connectivity index (χ0) is 33.3. The van der Waals surface area contributed by atoms with Gasteiger partial charge in [-0.3, -0.25) is 9.32 Å². The molecule has 0 fully saturated rings. The fourth-order valence-electron chi connectivity index (χ4n) is 5.81. The second kappa shape index (κ2) is 33.2. The number of aliphatic hydroxyl groups excluding tert-OH is 1. The van der Waals surface area contributed by atoms with Crippen LogP contribution in [0.5, 0.6) is 0 Å². The monoisotopic (exact) mass is 660 g/mol. The minimum atomic E-state index is -4.70. The number of nitrogens with one attached hydrogen (secondary N) is 1. The van der Waals surface area contributed by atoms with E-state index >= 15 is 0 Å². The van der Waals surface area contributed by atoms with Crippen molar-refractivity contribution in [2.24, 2.45) is 0 Å². The number of carbonyl (C=O) groups excluding carboxylic acids is 1. The smallest absolute Gasteiger partial charge is 0.387 e. The van der Waals surface area contributed by atoms with Gasteiger partial charge in [-0.2, -0.15) is 0 Å². The Bertz CT molecular complexity index is 713. The number of rotatable bonds is 35. The minimum absolute atomic E-state index is 0.225. The fourth-order valence-corrected chi connectivity index (χ4v) is 6.17. The Hall–Kier alpha value is -0.720. The summed E-state index contributed by atoms with van der Waals surface area (Å²) in [6, 6.07) is -0.903. The second-order valence-electron chi connectivity index (χ2n) is 13.3. The molecule has 0 aromatic rings. The molecule has 4 N–H and O–H groups in total. The molecule has 0 unspecified atom stereocenters. The molecule has 8 heteroatoms. The molecule has 0 saturated heterocycles. The Kier molecular flexibility index (Phi) is 32.7. The van der Waals surface area contributed by atoms with E-state index in [0.29, 0.717) is 6.42 Å². The highest BCUT2D eigenvalue weighted by Gasteiger charge is 2.24. The molecule has 0 saturated carbocycles. The van der Waals surface area contributed by atoms with Gasteiger partial charge in [0.05, 0.1) is 18.8 Å². The summed E-state index contributed by atoms with van der Waals surface area (Å²) in [5.41, 5.74) is 0. The van der Waals surface area contributed by atoms with Gasteiger partial charge >= 0.3 is 7.82 Å². The van der Waals surface area contributed by atoms with Crippen LogP contribution < -0.4 is 5.32 Å². The lowest BCUT2D eigenvalue weighted by Crippen LogP contribution is -2.45. The summed E-state index contributed by atoms with van der Waals surface area (Å²) in [7, 11) is -4.70. The molecular formula is C37H74NO6P. The van der Waals surface area contributed by atoms with E-state index in [4.69, 9.17) is 9.79 Å². The van der Waals surface area contributed by atoms with Gasteiger partial charge in [0, 0.05) is 6.42 Å². The highest BCUT2D eigenvalue weighted by atomic mass is 31.2. The SMILES string of the molecule is CCCCCCCCCC/C=C/[C@@H](O)[C@H](COP(=O)(O)O)NC(=O)CCCCCCCCCCCCCCCCCCCCC. The first kappa shape index (κ1) is 44.3. The fraction of sp³-hybridized carbons (Fsp3) is 0.919. The van der Waals surface area contributed by atoms with Crippen LogP contribution in [0.3, 0.4) is 0 Å². The van der Waals surface area contributed by atoms with Crippen molar-refractivity contribution in [1.82, 2.24) is 5.32 Å². The third-order valence-corrected chi connectivity index (χ3v) is 9.23. The van der Waals surface area contributed by atoms with Gasteiger partial charge in [-0.25, -0.2) is 4.57 Å². The van der Waals surface area contributed by atoms with Gasteiger partial charge in [-0.15, -0.1) is 0 Å². The van der Waals surface area contributed by atoms with Crippen LogP contribution in [0.15, 0.2) is 12.2 Å². The van der Waals surface area contributed by atoms with Gasteiger partial charge in [0.2, 0.25) is 5.91 Å². The van der Waals surface area contributed by atoms with Gasteiger partial charge in [-0.05, 0) is 19.3 Å². The lowest BCUT2D eigenvalue weighted by atomic mass is 10.0. The van der Waals surface area contributed by atoms with Gasteiger partial charge in [0.1, 0.15) is 0 Å². The van der Waals surface area contributed by atoms with Crippen molar-refractivity contribution in [3.05, 3.63) is 12.2 Å². The molecule has 268 valence electrons. The third-order valence-electron chi connectivity index (χ3n) is 8.75. The zero-order valence-corrected chi connectivity index (χ0v) is 30.4. The van der Waals surface area contributed by atoms with E-state index in [1.807, 2.05) is 6.08 Å². The molecule has 0 aliphatic heterocycles. The number of aliphatic hydroxyl groups is 1. The first-order valence-corrected chi connectivity index (χ1v) is 20.7. The van der Waals surface area contributed by atoms with Crippen LogP contribution in [0.1, 0.15) is 200 Å². The highest BCUT2D eigenvalue weighted by molar-refractivity contribution is 7.46. The first-order valence-electron chi connectivity index (χ1n) is 19.1. The Labute approximate surface area is 278 Å². The van der Waals surface area contributed by atoms with Crippen molar-refractivity contribution in [2.75, 3.05) is 6.61 Å². The van der Waals surface area contributed by atoms with Crippen LogP contribution in [0.25, 0.3) is 0 Å². The van der Waals surface area contributed by atoms with E-state index in [-0.39, 0.29) is 5.91 Å². The normalized spacial score (nSPS) is 13.4. The Morgan fingerprint density at radius 3 is 1.36 bits per heavy atom. The van der Waals surface area contributed by atoms with E-state index in [2.05, 4.69) is 23.7 Å². The standard InChI is InChI=1S/C37H74NO6P/c1-3-5-7-9-11-13-15-16-17-18-19-20-21-22-23-25-27-29-31-33-37(40)38-35(34-44-45(41,42)43)36(39)32-30-28-26-24-14-12-10-8-6-4-2/h30,32,35-36,39H,3-29,31,33-34H2,1-2H3,(H,38,40)(H2,41,42,43)/b32-30+/t35-,36+/m0/s1. The van der Waals surface area contributed by atoms with Crippen molar-refractivity contribution in [2.45, 2.75) is 212 Å². The van der Waals surface area contributed by atoms with Crippen LogP contribution in [-0.4, -0.2) is 39.6 Å². The third kappa shape index (κ3) is 34.4. The molecule has 0 radical (unpaired) electrons. The number of phosphoric ester groups is 1. The first-order chi connectivity index (χ1) is 21.8. The molecule has 7 nitrogen and oxygen atoms in total. The van der Waals surface area contributed by atoms with Crippen molar-refractivity contribution < 1.29 is 28.8 Å². The van der Waals surface area contributed by atoms with Gasteiger partial charge in [-0.1, -0.05) is 187 Å². The predicted octanol–water partition coefficient (Wildman–Crippen LogP) is 10.9. The summed E-state index contributed by atoms with van der Waals surface area (Å²) < 4.78 is 15.8. The van der Waals surface area contributed by atoms with Crippen LogP contribution in [0, 0.1) is 0 Å². The molecule has 1 amide bonds. The summed E-state index contributed by atoms with van der Waals surface area (Å²) in [5, 5.41) is 13.3. The number of unbranched alkanes of at least 4 members (excludes halogenated alkanes) is 26. The van der Waals surface area contributed by atoms with E-state index in [9.17, 15) is 14.5 Å². The van der Waals surface area contributed by atoms with Crippen molar-refractivity contribution >= 4 is 13.7 Å². The summed E-state index contributed by atoms with van der Waals surface area (Å²) in [6.45, 7) is 4.05. The minimum Gasteiger partial charge on any atom is -0.387 e. The number of hydrogen-bond acceptors (Lipinski definition) is 4. The molecule has 0 aliphatic rings. The van der Waals surface area contributed by atoms with Crippen LogP contribution in [-0.2, 0) is 13.9 Å². The number of allylic oxidation sites excluding steroid dienone is 1. The molecule has 0 rings (SSSR count). The summed E-state index contributed by atoms with van der Waals surface area (Å²) in [6.07, 6.45) is 38.1. The van der Waals surface area contributed by atoms with Gasteiger partial charge in [0.25, 0.3) is 0 Å². The molecular weight excluding hydrogens is 585 g/mol. The van der Waals surface area contributed by atoms with E-state index in [1.54, 1.807) is 6.08 Å². The molecule has 0 spiro atoms. The van der Waals surface area contributed by atoms with Crippen LogP contribution in [0.4, 0.5) is 0 Å². The van der Waals surface area contributed by atoms with Crippen molar-refractivity contribution in [3.8, 4) is 0 Å². The average molecular weight is 660 g/mol. The van der Waals surface area contributed by atoms with Gasteiger partial charge in [0.15, 0.2) is 0 Å². The van der Waals surface area contributed by atoms with E-state index in [1.165, 1.54) is 141 Å². The Balaban J connectivity index is 3.91. The maximum atomic E-state index is 12.5. The number of phosphoric acid groups is 1.